The van der Waals surface area contributed by atoms with Gasteiger partial charge in [-0.15, -0.1) is 0 Å². The smallest absolute Gasteiger partial charge is 0.0660 e. The lowest BCUT2D eigenvalue weighted by Crippen LogP contribution is -1.99. The highest BCUT2D eigenvalue weighted by Gasteiger charge is 1.95. The molecule has 0 bridgehead atoms. The van der Waals surface area contributed by atoms with Gasteiger partial charge in [0.25, 0.3) is 0 Å². The van der Waals surface area contributed by atoms with Crippen molar-refractivity contribution in [3.63, 3.8) is 0 Å². The summed E-state index contributed by atoms with van der Waals surface area (Å²) in [7, 11) is 0. The van der Waals surface area contributed by atoms with Gasteiger partial charge in [-0.1, -0.05) is 13.8 Å². The van der Waals surface area contributed by atoms with E-state index in [1.807, 2.05) is 50.0 Å². The molecule has 0 radical (unpaired) electrons. The Kier molecular flexibility index (Phi) is 4.54. The van der Waals surface area contributed by atoms with Crippen molar-refractivity contribution in [2.45, 2.75) is 27.3 Å². The lowest BCUT2D eigenvalue weighted by molar-refractivity contribution is 0.686. The summed E-state index contributed by atoms with van der Waals surface area (Å²) < 4.78 is 1.92. The molecule has 3 heteroatoms. The van der Waals surface area contributed by atoms with Crippen molar-refractivity contribution in [2.75, 3.05) is 0 Å². The molecule has 0 atom stereocenters. The number of rotatable bonds is 2. The lowest BCUT2D eigenvalue weighted by atomic mass is 10.3. The Morgan fingerprint density at radius 1 is 1.20 bits per heavy atom. The van der Waals surface area contributed by atoms with Crippen LogP contribution in [0.25, 0.3) is 0 Å². The van der Waals surface area contributed by atoms with Crippen LogP contribution in [-0.4, -0.2) is 14.8 Å². The first-order valence-corrected chi connectivity index (χ1v) is 5.22. The van der Waals surface area contributed by atoms with Crippen LogP contribution in [0.2, 0.25) is 0 Å². The number of aromatic nitrogens is 3. The average Bonchev–Trinajstić information content (AvgIpc) is 2.68. The third-order valence-electron chi connectivity index (χ3n) is 1.86. The molecule has 0 aromatic carbocycles. The average molecular weight is 203 g/mol. The van der Waals surface area contributed by atoms with E-state index in [1.165, 1.54) is 11.1 Å². The van der Waals surface area contributed by atoms with E-state index >= 15 is 0 Å². The van der Waals surface area contributed by atoms with Gasteiger partial charge in [0.15, 0.2) is 0 Å². The minimum atomic E-state index is 0.816. The second-order valence-electron chi connectivity index (χ2n) is 3.07. The molecule has 0 aliphatic carbocycles. The molecule has 80 valence electrons. The van der Waals surface area contributed by atoms with Gasteiger partial charge in [-0.05, 0) is 30.2 Å². The van der Waals surface area contributed by atoms with Gasteiger partial charge in [-0.3, -0.25) is 9.67 Å². The first-order valence-electron chi connectivity index (χ1n) is 5.22. The van der Waals surface area contributed by atoms with Crippen LogP contribution < -0.4 is 0 Å². The summed E-state index contributed by atoms with van der Waals surface area (Å²) in [6.45, 7) is 6.85. The minimum absolute atomic E-state index is 0.816. The Balaban J connectivity index is 0.000000531. The molecule has 0 aliphatic heterocycles. The van der Waals surface area contributed by atoms with Crippen molar-refractivity contribution in [1.82, 2.24) is 14.8 Å². The molecule has 0 saturated carbocycles. The highest BCUT2D eigenvalue weighted by atomic mass is 15.3. The molecule has 2 rings (SSSR count). The van der Waals surface area contributed by atoms with E-state index in [4.69, 9.17) is 0 Å². The SMILES string of the molecule is CC.Cc1cnn(Cc2ccncc2)c1. The molecular formula is C12H17N3. The molecule has 0 saturated heterocycles. The first kappa shape index (κ1) is 11.4. The third-order valence-corrected chi connectivity index (χ3v) is 1.86. The third kappa shape index (κ3) is 3.54. The van der Waals surface area contributed by atoms with Crippen LogP contribution in [-0.2, 0) is 6.54 Å². The number of pyridine rings is 1. The molecule has 0 aliphatic rings. The zero-order chi connectivity index (χ0) is 11.1. The van der Waals surface area contributed by atoms with E-state index in [1.54, 1.807) is 12.4 Å². The fourth-order valence-electron chi connectivity index (χ4n) is 1.23. The van der Waals surface area contributed by atoms with Crippen LogP contribution >= 0.6 is 0 Å². The van der Waals surface area contributed by atoms with Gasteiger partial charge < -0.3 is 0 Å². The molecule has 3 nitrogen and oxygen atoms in total. The first-order chi connectivity index (χ1) is 7.34. The summed E-state index contributed by atoms with van der Waals surface area (Å²) >= 11 is 0. The maximum atomic E-state index is 4.21. The van der Waals surface area contributed by atoms with Crippen molar-refractivity contribution in [3.8, 4) is 0 Å². The van der Waals surface area contributed by atoms with E-state index in [9.17, 15) is 0 Å². The highest BCUT2D eigenvalue weighted by Crippen LogP contribution is 2.01. The predicted octanol–water partition coefficient (Wildman–Crippen LogP) is 2.66. The molecule has 2 aromatic heterocycles. The van der Waals surface area contributed by atoms with Gasteiger partial charge >= 0.3 is 0 Å². The number of hydrogen-bond acceptors (Lipinski definition) is 2. The van der Waals surface area contributed by atoms with Crippen LogP contribution in [0.15, 0.2) is 36.9 Å². The van der Waals surface area contributed by atoms with Crippen LogP contribution in [0, 0.1) is 6.92 Å². The Bertz CT molecular complexity index is 379. The molecule has 15 heavy (non-hydrogen) atoms. The summed E-state index contributed by atoms with van der Waals surface area (Å²) in [5.41, 5.74) is 2.41. The van der Waals surface area contributed by atoms with E-state index in [0.717, 1.165) is 6.54 Å². The number of aryl methyl sites for hydroxylation is 1. The molecule has 2 heterocycles. The highest BCUT2D eigenvalue weighted by molar-refractivity contribution is 5.10. The molecule has 2 aromatic rings. The topological polar surface area (TPSA) is 30.7 Å². The van der Waals surface area contributed by atoms with Crippen molar-refractivity contribution in [1.29, 1.82) is 0 Å². The quantitative estimate of drug-likeness (QED) is 0.751. The second kappa shape index (κ2) is 5.96. The Hall–Kier alpha value is -1.64. The van der Waals surface area contributed by atoms with Crippen LogP contribution in [0.5, 0.6) is 0 Å². The van der Waals surface area contributed by atoms with Gasteiger partial charge in [-0.2, -0.15) is 5.10 Å². The van der Waals surface area contributed by atoms with Crippen LogP contribution in [0.3, 0.4) is 0 Å². The van der Waals surface area contributed by atoms with Crippen LogP contribution in [0.4, 0.5) is 0 Å². The van der Waals surface area contributed by atoms with E-state index < -0.39 is 0 Å². The fraction of sp³-hybridized carbons (Fsp3) is 0.333. The summed E-state index contributed by atoms with van der Waals surface area (Å²) in [6.07, 6.45) is 7.49. The predicted molar refractivity (Wildman–Crippen MR) is 61.7 cm³/mol. The minimum Gasteiger partial charge on any atom is -0.268 e. The number of hydrogen-bond donors (Lipinski definition) is 0. The molecule has 0 amide bonds. The Morgan fingerprint density at radius 2 is 1.87 bits per heavy atom. The van der Waals surface area contributed by atoms with Gasteiger partial charge in [0.05, 0.1) is 12.7 Å². The monoisotopic (exact) mass is 203 g/mol. The van der Waals surface area contributed by atoms with E-state index in [2.05, 4.69) is 10.1 Å². The molecule has 0 unspecified atom stereocenters. The standard InChI is InChI=1S/C10H11N3.C2H6/c1-9-6-12-13(7-9)8-10-2-4-11-5-3-10;1-2/h2-7H,8H2,1H3;1-2H3. The molecular weight excluding hydrogens is 186 g/mol. The summed E-state index contributed by atoms with van der Waals surface area (Å²) in [5.74, 6) is 0. The number of nitrogens with zero attached hydrogens (tertiary/aromatic N) is 3. The zero-order valence-electron chi connectivity index (χ0n) is 9.51. The summed E-state index contributed by atoms with van der Waals surface area (Å²) in [5, 5.41) is 4.21. The van der Waals surface area contributed by atoms with Gasteiger partial charge in [-0.25, -0.2) is 0 Å². The fourth-order valence-corrected chi connectivity index (χ4v) is 1.23. The molecule has 0 spiro atoms. The Morgan fingerprint density at radius 3 is 2.40 bits per heavy atom. The maximum Gasteiger partial charge on any atom is 0.0660 e. The zero-order valence-corrected chi connectivity index (χ0v) is 9.51. The van der Waals surface area contributed by atoms with Crippen molar-refractivity contribution in [2.24, 2.45) is 0 Å². The van der Waals surface area contributed by atoms with Gasteiger partial charge in [0.2, 0.25) is 0 Å². The van der Waals surface area contributed by atoms with Crippen molar-refractivity contribution < 1.29 is 0 Å². The normalized spacial score (nSPS) is 9.27. The lowest BCUT2D eigenvalue weighted by Gasteiger charge is -1.99. The van der Waals surface area contributed by atoms with Gasteiger partial charge in [0, 0.05) is 18.6 Å². The van der Waals surface area contributed by atoms with E-state index in [0.29, 0.717) is 0 Å². The second-order valence-corrected chi connectivity index (χ2v) is 3.07. The van der Waals surface area contributed by atoms with Crippen molar-refractivity contribution in [3.05, 3.63) is 48.0 Å². The van der Waals surface area contributed by atoms with Crippen molar-refractivity contribution >= 4 is 0 Å². The summed E-state index contributed by atoms with van der Waals surface area (Å²) in [4.78, 5) is 3.96. The maximum absolute atomic E-state index is 4.21. The summed E-state index contributed by atoms with van der Waals surface area (Å²) in [6, 6.07) is 3.99. The molecule has 0 fully saturated rings. The Labute approximate surface area is 90.8 Å². The van der Waals surface area contributed by atoms with Crippen LogP contribution in [0.1, 0.15) is 25.0 Å². The largest absolute Gasteiger partial charge is 0.268 e. The molecule has 0 N–H and O–H groups in total. The van der Waals surface area contributed by atoms with Gasteiger partial charge in [0.1, 0.15) is 0 Å². The van der Waals surface area contributed by atoms with E-state index in [-0.39, 0.29) is 0 Å².